The van der Waals surface area contributed by atoms with Gasteiger partial charge in [0, 0.05) is 18.7 Å². The lowest BCUT2D eigenvalue weighted by Gasteiger charge is -2.14. The summed E-state index contributed by atoms with van der Waals surface area (Å²) in [4.78, 5) is 37.9. The fourth-order valence-electron chi connectivity index (χ4n) is 3.85. The molecule has 0 aliphatic rings. The van der Waals surface area contributed by atoms with E-state index in [2.05, 4.69) is 5.32 Å². The normalized spacial score (nSPS) is 10.8. The third kappa shape index (κ3) is 4.57. The third-order valence-corrected chi connectivity index (χ3v) is 5.60. The standard InChI is InChI=1S/C26H25N3O4/c1-3-28-22-9-4-5-10-23(22)29(26(32)25(28)31)17-18-11-13-20(14-12-18)24(30)27-16-19-7-6-8-21(15-19)33-2/h4-15H,3,16-17H2,1-2H3,(H,27,30). The number of carbonyl (C=O) groups is 1. The quantitative estimate of drug-likeness (QED) is 0.445. The van der Waals surface area contributed by atoms with Gasteiger partial charge in [-0.2, -0.15) is 0 Å². The predicted octanol–water partition coefficient (Wildman–Crippen LogP) is 3.17. The Labute approximate surface area is 190 Å². The first-order valence-corrected chi connectivity index (χ1v) is 10.7. The first-order valence-electron chi connectivity index (χ1n) is 10.7. The molecule has 1 N–H and O–H groups in total. The Bertz CT molecular complexity index is 1420. The van der Waals surface area contributed by atoms with Gasteiger partial charge in [-0.25, -0.2) is 0 Å². The minimum Gasteiger partial charge on any atom is -0.497 e. The van der Waals surface area contributed by atoms with Gasteiger partial charge in [0.15, 0.2) is 0 Å². The second-order valence-corrected chi connectivity index (χ2v) is 7.66. The maximum absolute atomic E-state index is 12.8. The molecule has 0 bridgehead atoms. The summed E-state index contributed by atoms with van der Waals surface area (Å²) in [6.07, 6.45) is 0. The van der Waals surface area contributed by atoms with Crippen LogP contribution in [0.25, 0.3) is 11.0 Å². The topological polar surface area (TPSA) is 82.3 Å². The van der Waals surface area contributed by atoms with E-state index in [-0.39, 0.29) is 12.5 Å². The van der Waals surface area contributed by atoms with Crippen molar-refractivity contribution in [3.8, 4) is 5.75 Å². The maximum atomic E-state index is 12.8. The van der Waals surface area contributed by atoms with E-state index in [0.29, 0.717) is 24.2 Å². The molecule has 0 unspecified atom stereocenters. The van der Waals surface area contributed by atoms with Crippen molar-refractivity contribution in [2.24, 2.45) is 0 Å². The molecule has 1 heterocycles. The fraction of sp³-hybridized carbons (Fsp3) is 0.192. The van der Waals surface area contributed by atoms with Crippen molar-refractivity contribution >= 4 is 16.9 Å². The van der Waals surface area contributed by atoms with E-state index in [9.17, 15) is 14.4 Å². The van der Waals surface area contributed by atoms with Crippen LogP contribution in [-0.2, 0) is 19.6 Å². The minimum absolute atomic E-state index is 0.197. The highest BCUT2D eigenvalue weighted by Crippen LogP contribution is 2.14. The molecule has 0 spiro atoms. The molecule has 4 rings (SSSR count). The van der Waals surface area contributed by atoms with Gasteiger partial charge in [-0.05, 0) is 54.4 Å². The van der Waals surface area contributed by atoms with Gasteiger partial charge in [-0.15, -0.1) is 0 Å². The van der Waals surface area contributed by atoms with E-state index in [1.807, 2.05) is 55.5 Å². The highest BCUT2D eigenvalue weighted by molar-refractivity contribution is 5.94. The molecule has 168 valence electrons. The molecule has 7 heteroatoms. The lowest BCUT2D eigenvalue weighted by Crippen LogP contribution is -2.41. The Morgan fingerprint density at radius 1 is 0.848 bits per heavy atom. The van der Waals surface area contributed by atoms with Crippen LogP contribution in [0.15, 0.2) is 82.4 Å². The summed E-state index contributed by atoms with van der Waals surface area (Å²) in [6, 6.07) is 21.9. The zero-order valence-corrected chi connectivity index (χ0v) is 18.6. The van der Waals surface area contributed by atoms with Crippen LogP contribution in [0.4, 0.5) is 0 Å². The molecule has 0 aliphatic heterocycles. The molecule has 0 radical (unpaired) electrons. The van der Waals surface area contributed by atoms with E-state index < -0.39 is 11.1 Å². The Hall–Kier alpha value is -4.13. The number of nitrogens with one attached hydrogen (secondary N) is 1. The van der Waals surface area contributed by atoms with Crippen LogP contribution in [0.1, 0.15) is 28.4 Å². The molecule has 1 amide bonds. The van der Waals surface area contributed by atoms with Gasteiger partial charge < -0.3 is 14.6 Å². The maximum Gasteiger partial charge on any atom is 0.317 e. The molecule has 4 aromatic rings. The van der Waals surface area contributed by atoms with Gasteiger partial charge in [0.25, 0.3) is 5.91 Å². The van der Waals surface area contributed by atoms with Crippen LogP contribution in [0.5, 0.6) is 5.75 Å². The van der Waals surface area contributed by atoms with Crippen molar-refractivity contribution in [3.05, 3.63) is 110 Å². The molecule has 0 aliphatic carbocycles. The molecule has 1 aromatic heterocycles. The van der Waals surface area contributed by atoms with Crippen molar-refractivity contribution in [1.82, 2.24) is 14.5 Å². The van der Waals surface area contributed by atoms with Crippen LogP contribution < -0.4 is 21.2 Å². The number of ether oxygens (including phenoxy) is 1. The largest absolute Gasteiger partial charge is 0.497 e. The molecule has 7 nitrogen and oxygen atoms in total. The minimum atomic E-state index is -0.560. The number of hydrogen-bond donors (Lipinski definition) is 1. The Balaban J connectivity index is 1.53. The Morgan fingerprint density at radius 2 is 1.52 bits per heavy atom. The predicted molar refractivity (Wildman–Crippen MR) is 128 cm³/mol. The average molecular weight is 444 g/mol. The number of hydrogen-bond acceptors (Lipinski definition) is 4. The summed E-state index contributed by atoms with van der Waals surface area (Å²) >= 11 is 0. The number of rotatable bonds is 7. The lowest BCUT2D eigenvalue weighted by molar-refractivity contribution is 0.0951. The first-order chi connectivity index (χ1) is 16.0. The van der Waals surface area contributed by atoms with Crippen molar-refractivity contribution in [3.63, 3.8) is 0 Å². The SMILES string of the molecule is CCn1c(=O)c(=O)n(Cc2ccc(C(=O)NCc3cccc(OC)c3)cc2)c2ccccc21. The second-order valence-electron chi connectivity index (χ2n) is 7.66. The molecule has 0 fully saturated rings. The van der Waals surface area contributed by atoms with E-state index in [1.165, 1.54) is 9.13 Å². The number of aromatic nitrogens is 2. The van der Waals surface area contributed by atoms with E-state index in [0.717, 1.165) is 22.4 Å². The Kier molecular flexibility index (Phi) is 6.40. The number of nitrogens with zero attached hydrogens (tertiary/aromatic N) is 2. The van der Waals surface area contributed by atoms with E-state index in [1.54, 1.807) is 31.4 Å². The monoisotopic (exact) mass is 443 g/mol. The van der Waals surface area contributed by atoms with Gasteiger partial charge in [0.05, 0.1) is 24.7 Å². The molecule has 0 saturated heterocycles. The molecular formula is C26H25N3O4. The highest BCUT2D eigenvalue weighted by atomic mass is 16.5. The van der Waals surface area contributed by atoms with Crippen molar-refractivity contribution in [2.75, 3.05) is 7.11 Å². The van der Waals surface area contributed by atoms with Crippen LogP contribution >= 0.6 is 0 Å². The van der Waals surface area contributed by atoms with E-state index in [4.69, 9.17) is 4.74 Å². The summed E-state index contributed by atoms with van der Waals surface area (Å²) < 4.78 is 8.18. The first kappa shape index (κ1) is 22.1. The van der Waals surface area contributed by atoms with Gasteiger partial charge in [-0.3, -0.25) is 19.0 Å². The van der Waals surface area contributed by atoms with Crippen molar-refractivity contribution in [2.45, 2.75) is 26.6 Å². The average Bonchev–Trinajstić information content (AvgIpc) is 2.86. The highest BCUT2D eigenvalue weighted by Gasteiger charge is 2.13. The Morgan fingerprint density at radius 3 is 2.18 bits per heavy atom. The van der Waals surface area contributed by atoms with Gasteiger partial charge in [-0.1, -0.05) is 36.4 Å². The van der Waals surface area contributed by atoms with Crippen LogP contribution in [0.2, 0.25) is 0 Å². The van der Waals surface area contributed by atoms with Crippen molar-refractivity contribution in [1.29, 1.82) is 0 Å². The molecule has 0 atom stereocenters. The van der Waals surface area contributed by atoms with Crippen LogP contribution in [0.3, 0.4) is 0 Å². The fourth-order valence-corrected chi connectivity index (χ4v) is 3.85. The summed E-state index contributed by atoms with van der Waals surface area (Å²) in [5, 5.41) is 2.90. The van der Waals surface area contributed by atoms with Crippen molar-refractivity contribution < 1.29 is 9.53 Å². The number of para-hydroxylation sites is 2. The van der Waals surface area contributed by atoms with Gasteiger partial charge in [0.2, 0.25) is 0 Å². The number of amides is 1. The van der Waals surface area contributed by atoms with Gasteiger partial charge >= 0.3 is 11.1 Å². The zero-order valence-electron chi connectivity index (χ0n) is 18.6. The molecule has 3 aromatic carbocycles. The number of aryl methyl sites for hydroxylation is 1. The van der Waals surface area contributed by atoms with Gasteiger partial charge in [0.1, 0.15) is 5.75 Å². The molecule has 33 heavy (non-hydrogen) atoms. The second kappa shape index (κ2) is 9.56. The number of carbonyl (C=O) groups excluding carboxylic acids is 1. The summed E-state index contributed by atoms with van der Waals surface area (Å²) in [7, 11) is 1.60. The smallest absolute Gasteiger partial charge is 0.317 e. The molecular weight excluding hydrogens is 418 g/mol. The lowest BCUT2D eigenvalue weighted by atomic mass is 10.1. The van der Waals surface area contributed by atoms with Crippen LogP contribution in [-0.4, -0.2) is 22.2 Å². The zero-order chi connectivity index (χ0) is 23.4. The number of methoxy groups -OCH3 is 1. The van der Waals surface area contributed by atoms with Crippen LogP contribution in [0, 0.1) is 0 Å². The third-order valence-electron chi connectivity index (χ3n) is 5.60. The molecule has 0 saturated carbocycles. The van der Waals surface area contributed by atoms with E-state index >= 15 is 0 Å². The summed E-state index contributed by atoms with van der Waals surface area (Å²) in [5.74, 6) is 0.540. The summed E-state index contributed by atoms with van der Waals surface area (Å²) in [6.45, 7) is 2.89. The number of fused-ring (bicyclic) bond motifs is 1. The number of benzene rings is 3. The summed E-state index contributed by atoms with van der Waals surface area (Å²) in [5.41, 5.74) is 2.59.